The van der Waals surface area contributed by atoms with Crippen LogP contribution in [0.2, 0.25) is 0 Å². The molecule has 0 saturated carbocycles. The van der Waals surface area contributed by atoms with E-state index in [1.54, 1.807) is 6.20 Å². The van der Waals surface area contributed by atoms with Crippen molar-refractivity contribution in [3.05, 3.63) is 36.6 Å². The molecule has 1 aromatic heterocycles. The van der Waals surface area contributed by atoms with Crippen LogP contribution in [0, 0.1) is 6.54 Å². The standard InChI is InChI=1S/C10H10N3O2/c14-9-7-13(10(15)12-9)6-4-8-3-1-2-5-11-8/h1-3,5,7H,4,6H2,(H,12,14,15). The van der Waals surface area contributed by atoms with E-state index in [2.05, 4.69) is 10.3 Å². The van der Waals surface area contributed by atoms with E-state index in [1.807, 2.05) is 18.2 Å². The fourth-order valence-corrected chi connectivity index (χ4v) is 1.36. The number of nitrogens with zero attached hydrogens (tertiary/aromatic N) is 2. The van der Waals surface area contributed by atoms with Crippen molar-refractivity contribution in [1.29, 1.82) is 0 Å². The van der Waals surface area contributed by atoms with Gasteiger partial charge in [0, 0.05) is 24.9 Å². The number of imide groups is 1. The first-order valence-corrected chi connectivity index (χ1v) is 4.62. The highest BCUT2D eigenvalue weighted by Gasteiger charge is 2.26. The third kappa shape index (κ3) is 2.31. The molecule has 1 fully saturated rings. The topological polar surface area (TPSA) is 62.3 Å². The zero-order valence-corrected chi connectivity index (χ0v) is 8.01. The van der Waals surface area contributed by atoms with Crippen LogP contribution in [-0.2, 0) is 11.2 Å². The smallest absolute Gasteiger partial charge is 0.309 e. The first kappa shape index (κ1) is 9.64. The molecule has 0 spiro atoms. The fourth-order valence-electron chi connectivity index (χ4n) is 1.36. The quantitative estimate of drug-likeness (QED) is 0.722. The number of carbonyl (C=O) groups excluding carboxylic acids is 2. The van der Waals surface area contributed by atoms with Crippen LogP contribution in [0.1, 0.15) is 5.69 Å². The van der Waals surface area contributed by atoms with Crippen LogP contribution >= 0.6 is 0 Å². The lowest BCUT2D eigenvalue weighted by molar-refractivity contribution is -0.116. The van der Waals surface area contributed by atoms with E-state index in [1.165, 1.54) is 11.4 Å². The Bertz CT molecular complexity index is 378. The number of urea groups is 1. The Labute approximate surface area is 87.1 Å². The summed E-state index contributed by atoms with van der Waals surface area (Å²) in [6.45, 7) is 1.74. The summed E-state index contributed by atoms with van der Waals surface area (Å²) in [6.07, 6.45) is 2.34. The molecule has 1 aromatic rings. The summed E-state index contributed by atoms with van der Waals surface area (Å²) >= 11 is 0. The van der Waals surface area contributed by atoms with E-state index in [9.17, 15) is 9.59 Å². The molecular weight excluding hydrogens is 194 g/mol. The summed E-state index contributed by atoms with van der Waals surface area (Å²) in [7, 11) is 0. The summed E-state index contributed by atoms with van der Waals surface area (Å²) in [4.78, 5) is 27.5. The highest BCUT2D eigenvalue weighted by atomic mass is 16.2. The second-order valence-corrected chi connectivity index (χ2v) is 3.19. The SMILES string of the molecule is O=C1[CH]N(CCc2ccccn2)C(=O)N1. The van der Waals surface area contributed by atoms with Crippen LogP contribution in [0.15, 0.2) is 24.4 Å². The highest BCUT2D eigenvalue weighted by Crippen LogP contribution is 2.04. The van der Waals surface area contributed by atoms with Crippen LogP contribution in [0.25, 0.3) is 0 Å². The molecule has 0 aromatic carbocycles. The molecule has 1 aliphatic heterocycles. The lowest BCUT2D eigenvalue weighted by atomic mass is 10.2. The minimum atomic E-state index is -0.365. The first-order valence-electron chi connectivity index (χ1n) is 4.62. The Morgan fingerprint density at radius 1 is 1.33 bits per heavy atom. The largest absolute Gasteiger partial charge is 0.324 e. The Morgan fingerprint density at radius 3 is 2.80 bits per heavy atom. The van der Waals surface area contributed by atoms with Crippen molar-refractivity contribution in [2.45, 2.75) is 6.42 Å². The average molecular weight is 204 g/mol. The van der Waals surface area contributed by atoms with Crippen molar-refractivity contribution < 1.29 is 9.59 Å². The molecule has 1 N–H and O–H groups in total. The fraction of sp³-hybridized carbons (Fsp3) is 0.200. The maximum Gasteiger partial charge on any atom is 0.324 e. The maximum atomic E-state index is 11.1. The lowest BCUT2D eigenvalue weighted by Gasteiger charge is -2.11. The molecule has 77 valence electrons. The minimum Gasteiger partial charge on any atom is -0.309 e. The number of carbonyl (C=O) groups is 2. The molecule has 5 nitrogen and oxygen atoms in total. The van der Waals surface area contributed by atoms with Gasteiger partial charge in [-0.25, -0.2) is 4.79 Å². The molecule has 5 heteroatoms. The van der Waals surface area contributed by atoms with Crippen molar-refractivity contribution in [3.8, 4) is 0 Å². The van der Waals surface area contributed by atoms with Crippen molar-refractivity contribution >= 4 is 11.9 Å². The van der Waals surface area contributed by atoms with Gasteiger partial charge in [-0.2, -0.15) is 0 Å². The number of aromatic nitrogens is 1. The zero-order valence-electron chi connectivity index (χ0n) is 8.01. The Hall–Kier alpha value is -1.91. The molecule has 3 amide bonds. The van der Waals surface area contributed by atoms with Crippen molar-refractivity contribution in [2.24, 2.45) is 0 Å². The van der Waals surface area contributed by atoms with Gasteiger partial charge >= 0.3 is 6.03 Å². The molecule has 0 aliphatic carbocycles. The van der Waals surface area contributed by atoms with E-state index in [4.69, 9.17) is 0 Å². The maximum absolute atomic E-state index is 11.1. The van der Waals surface area contributed by atoms with Crippen LogP contribution < -0.4 is 5.32 Å². The number of rotatable bonds is 3. The van der Waals surface area contributed by atoms with Crippen molar-refractivity contribution in [1.82, 2.24) is 15.2 Å². The van der Waals surface area contributed by atoms with E-state index < -0.39 is 0 Å². The summed E-state index contributed by atoms with van der Waals surface area (Å²) < 4.78 is 0. The number of nitrogens with one attached hydrogen (secondary N) is 1. The molecule has 1 saturated heterocycles. The Kier molecular flexibility index (Phi) is 2.62. The van der Waals surface area contributed by atoms with Crippen molar-refractivity contribution in [3.63, 3.8) is 0 Å². The summed E-state index contributed by atoms with van der Waals surface area (Å²) in [5, 5.41) is 2.18. The van der Waals surface area contributed by atoms with E-state index in [0.717, 1.165) is 5.69 Å². The second kappa shape index (κ2) is 4.08. The van der Waals surface area contributed by atoms with E-state index in [-0.39, 0.29) is 11.9 Å². The van der Waals surface area contributed by atoms with Crippen molar-refractivity contribution in [2.75, 3.05) is 6.54 Å². The third-order valence-electron chi connectivity index (χ3n) is 2.10. The van der Waals surface area contributed by atoms with Gasteiger partial charge in [-0.05, 0) is 12.1 Å². The number of amides is 3. The number of hydrogen-bond donors (Lipinski definition) is 1. The zero-order chi connectivity index (χ0) is 10.7. The Balaban J connectivity index is 1.89. The van der Waals surface area contributed by atoms with Gasteiger partial charge in [0.1, 0.15) is 6.54 Å². The summed E-state index contributed by atoms with van der Waals surface area (Å²) in [5.74, 6) is -0.360. The van der Waals surface area contributed by atoms with Gasteiger partial charge in [0.25, 0.3) is 5.91 Å². The lowest BCUT2D eigenvalue weighted by Crippen LogP contribution is -2.29. The highest BCUT2D eigenvalue weighted by molar-refractivity contribution is 6.05. The van der Waals surface area contributed by atoms with Gasteiger partial charge in [0.2, 0.25) is 0 Å². The molecule has 2 heterocycles. The van der Waals surface area contributed by atoms with Gasteiger partial charge in [0.15, 0.2) is 0 Å². The predicted octanol–water partition coefficient (Wildman–Crippen LogP) is 0.338. The molecule has 15 heavy (non-hydrogen) atoms. The summed E-state index contributed by atoms with van der Waals surface area (Å²) in [5.41, 5.74) is 0.901. The van der Waals surface area contributed by atoms with E-state index in [0.29, 0.717) is 13.0 Å². The molecule has 2 rings (SSSR count). The monoisotopic (exact) mass is 204 g/mol. The molecule has 1 radical (unpaired) electrons. The third-order valence-corrected chi connectivity index (χ3v) is 2.10. The first-order chi connectivity index (χ1) is 7.25. The van der Waals surface area contributed by atoms with Gasteiger partial charge < -0.3 is 4.90 Å². The van der Waals surface area contributed by atoms with Gasteiger partial charge in [-0.3, -0.25) is 15.1 Å². The predicted molar refractivity (Wildman–Crippen MR) is 52.5 cm³/mol. The van der Waals surface area contributed by atoms with Gasteiger partial charge in [-0.1, -0.05) is 6.07 Å². The van der Waals surface area contributed by atoms with Crippen LogP contribution in [0.3, 0.4) is 0 Å². The molecule has 0 bridgehead atoms. The summed E-state index contributed by atoms with van der Waals surface area (Å²) in [6, 6.07) is 5.25. The number of pyridine rings is 1. The second-order valence-electron chi connectivity index (χ2n) is 3.19. The van der Waals surface area contributed by atoms with Crippen LogP contribution in [0.4, 0.5) is 4.79 Å². The molecular formula is C10H10N3O2. The van der Waals surface area contributed by atoms with Crippen LogP contribution in [-0.4, -0.2) is 28.4 Å². The van der Waals surface area contributed by atoms with Gasteiger partial charge in [0.05, 0.1) is 0 Å². The van der Waals surface area contributed by atoms with Gasteiger partial charge in [-0.15, -0.1) is 0 Å². The molecule has 0 unspecified atom stereocenters. The number of hydrogen-bond acceptors (Lipinski definition) is 3. The minimum absolute atomic E-state index is 0.360. The normalized spacial score (nSPS) is 15.6. The Morgan fingerprint density at radius 2 is 2.20 bits per heavy atom. The van der Waals surface area contributed by atoms with E-state index >= 15 is 0 Å². The molecule has 0 atom stereocenters. The average Bonchev–Trinajstić information content (AvgIpc) is 2.56. The van der Waals surface area contributed by atoms with Crippen LogP contribution in [0.5, 0.6) is 0 Å². The molecule has 1 aliphatic rings.